The van der Waals surface area contributed by atoms with E-state index in [1.807, 2.05) is 18.9 Å². The summed E-state index contributed by atoms with van der Waals surface area (Å²) in [5.74, 6) is 0.182. The first-order valence-electron chi connectivity index (χ1n) is 7.42. The highest BCUT2D eigenvalue weighted by Gasteiger charge is 2.54. The minimum atomic E-state index is -0.403. The predicted molar refractivity (Wildman–Crippen MR) is 73.0 cm³/mol. The van der Waals surface area contributed by atoms with Crippen LogP contribution in [0.5, 0.6) is 0 Å². The molecule has 2 fully saturated rings. The summed E-state index contributed by atoms with van der Waals surface area (Å²) in [4.78, 5) is 6.08. The summed E-state index contributed by atoms with van der Waals surface area (Å²) in [6.07, 6.45) is 5.23. The molecule has 0 aromatic carbocycles. The average molecular weight is 266 g/mol. The van der Waals surface area contributed by atoms with E-state index in [2.05, 4.69) is 19.9 Å². The Bertz CT molecular complexity index is 354. The third-order valence-corrected chi connectivity index (χ3v) is 4.20. The molecule has 0 aromatic heterocycles. The molecule has 4 heteroatoms. The maximum absolute atomic E-state index is 9.27. The van der Waals surface area contributed by atoms with Crippen LogP contribution in [0.15, 0.2) is 0 Å². The number of ether oxygens (including phenoxy) is 1. The van der Waals surface area contributed by atoms with Gasteiger partial charge in [-0.25, -0.2) is 0 Å². The third-order valence-electron chi connectivity index (χ3n) is 4.20. The largest absolute Gasteiger partial charge is 0.356 e. The molecule has 1 spiro atoms. The molecule has 19 heavy (non-hydrogen) atoms. The number of nitrogens with zero attached hydrogens (tertiary/aromatic N) is 2. The zero-order chi connectivity index (χ0) is 14.1. The van der Waals surface area contributed by atoms with Gasteiger partial charge in [0, 0.05) is 0 Å². The standard InChI is InChI=1S/C15H26N2O2/c1-12(2)13(10-16)19-17-14(3,4)11-18-15(17)8-6-5-7-9-15/h12-13H,5-9,11H2,1-4H3. The van der Waals surface area contributed by atoms with Gasteiger partial charge in [0.25, 0.3) is 0 Å². The molecule has 0 bridgehead atoms. The van der Waals surface area contributed by atoms with E-state index in [-0.39, 0.29) is 17.2 Å². The molecular formula is C15H26N2O2. The van der Waals surface area contributed by atoms with Gasteiger partial charge in [0.1, 0.15) is 5.72 Å². The van der Waals surface area contributed by atoms with Gasteiger partial charge in [0.05, 0.1) is 18.2 Å². The van der Waals surface area contributed by atoms with Crippen molar-refractivity contribution in [1.82, 2.24) is 5.06 Å². The van der Waals surface area contributed by atoms with Gasteiger partial charge < -0.3 is 4.74 Å². The summed E-state index contributed by atoms with van der Waals surface area (Å²) >= 11 is 0. The maximum atomic E-state index is 9.27. The second kappa shape index (κ2) is 5.40. The van der Waals surface area contributed by atoms with E-state index >= 15 is 0 Å². The maximum Gasteiger partial charge on any atom is 0.168 e. The molecule has 1 saturated heterocycles. The van der Waals surface area contributed by atoms with E-state index in [0.717, 1.165) is 12.8 Å². The lowest BCUT2D eigenvalue weighted by Crippen LogP contribution is -2.54. The fraction of sp³-hybridized carbons (Fsp3) is 0.933. The molecule has 2 aliphatic rings. The predicted octanol–water partition coefficient (Wildman–Crippen LogP) is 3.24. The van der Waals surface area contributed by atoms with Crippen LogP contribution in [0.2, 0.25) is 0 Å². The molecule has 0 amide bonds. The van der Waals surface area contributed by atoms with E-state index in [0.29, 0.717) is 6.61 Å². The molecule has 0 radical (unpaired) electrons. The number of hydrogen-bond donors (Lipinski definition) is 0. The smallest absolute Gasteiger partial charge is 0.168 e. The first kappa shape index (κ1) is 14.8. The van der Waals surface area contributed by atoms with Crippen LogP contribution in [0.25, 0.3) is 0 Å². The summed E-state index contributed by atoms with van der Waals surface area (Å²) in [5.41, 5.74) is -0.465. The first-order chi connectivity index (χ1) is 8.91. The van der Waals surface area contributed by atoms with E-state index in [9.17, 15) is 5.26 Å². The van der Waals surface area contributed by atoms with Crippen molar-refractivity contribution in [3.63, 3.8) is 0 Å². The van der Waals surface area contributed by atoms with Crippen LogP contribution in [-0.2, 0) is 9.57 Å². The van der Waals surface area contributed by atoms with Gasteiger partial charge in [0.2, 0.25) is 0 Å². The summed E-state index contributed by atoms with van der Waals surface area (Å²) in [6, 6.07) is 2.27. The zero-order valence-corrected chi connectivity index (χ0v) is 12.6. The molecule has 1 heterocycles. The lowest BCUT2D eigenvalue weighted by Gasteiger charge is -2.44. The van der Waals surface area contributed by atoms with Crippen LogP contribution in [0, 0.1) is 17.2 Å². The van der Waals surface area contributed by atoms with E-state index < -0.39 is 6.10 Å². The van der Waals surface area contributed by atoms with Crippen LogP contribution in [0.1, 0.15) is 59.8 Å². The highest BCUT2D eigenvalue weighted by molar-refractivity contribution is 4.97. The van der Waals surface area contributed by atoms with Crippen LogP contribution in [-0.4, -0.2) is 29.0 Å². The van der Waals surface area contributed by atoms with Crippen molar-refractivity contribution in [3.8, 4) is 6.07 Å². The SMILES string of the molecule is CC(C)C(C#N)ON1C(C)(C)COC12CCCCC2. The summed E-state index contributed by atoms with van der Waals surface area (Å²) in [7, 11) is 0. The molecule has 108 valence electrons. The fourth-order valence-electron chi connectivity index (χ4n) is 3.08. The lowest BCUT2D eigenvalue weighted by atomic mass is 9.90. The van der Waals surface area contributed by atoms with E-state index in [4.69, 9.17) is 9.57 Å². The van der Waals surface area contributed by atoms with Crippen molar-refractivity contribution in [3.05, 3.63) is 0 Å². The topological polar surface area (TPSA) is 45.5 Å². The normalized spacial score (nSPS) is 27.6. The molecule has 1 aliphatic carbocycles. The van der Waals surface area contributed by atoms with Gasteiger partial charge in [-0.05, 0) is 45.4 Å². The first-order valence-corrected chi connectivity index (χ1v) is 7.42. The number of rotatable bonds is 3. The summed E-state index contributed by atoms with van der Waals surface area (Å²) in [5, 5.41) is 11.3. The van der Waals surface area contributed by atoms with Crippen LogP contribution in [0.4, 0.5) is 0 Å². The Hall–Kier alpha value is -0.630. The Morgan fingerprint density at radius 3 is 2.37 bits per heavy atom. The van der Waals surface area contributed by atoms with Gasteiger partial charge in [-0.15, -0.1) is 5.06 Å². The lowest BCUT2D eigenvalue weighted by molar-refractivity contribution is -0.310. The molecule has 1 unspecified atom stereocenters. The van der Waals surface area contributed by atoms with E-state index in [1.54, 1.807) is 0 Å². The van der Waals surface area contributed by atoms with Crippen molar-refractivity contribution < 1.29 is 9.57 Å². The minimum absolute atomic E-state index is 0.165. The van der Waals surface area contributed by atoms with Crippen LogP contribution < -0.4 is 0 Å². The highest BCUT2D eigenvalue weighted by Crippen LogP contribution is 2.44. The Balaban J connectivity index is 2.19. The van der Waals surface area contributed by atoms with Crippen molar-refractivity contribution in [2.75, 3.05) is 6.61 Å². The number of nitriles is 1. The second-order valence-corrected chi connectivity index (χ2v) is 6.80. The Kier molecular flexibility index (Phi) is 4.20. The van der Waals surface area contributed by atoms with Gasteiger partial charge >= 0.3 is 0 Å². The summed E-state index contributed by atoms with van der Waals surface area (Å²) in [6.45, 7) is 8.97. The second-order valence-electron chi connectivity index (χ2n) is 6.80. The molecule has 0 N–H and O–H groups in total. The number of hydrogen-bond acceptors (Lipinski definition) is 4. The minimum Gasteiger partial charge on any atom is -0.356 e. The third kappa shape index (κ3) is 2.79. The molecule has 1 atom stereocenters. The number of hydroxylamine groups is 2. The van der Waals surface area contributed by atoms with Gasteiger partial charge in [-0.2, -0.15) is 5.26 Å². The monoisotopic (exact) mass is 266 g/mol. The average Bonchev–Trinajstić information content (AvgIpc) is 2.60. The van der Waals surface area contributed by atoms with Gasteiger partial charge in [0.15, 0.2) is 6.10 Å². The quantitative estimate of drug-likeness (QED) is 0.786. The van der Waals surface area contributed by atoms with Crippen molar-refractivity contribution in [2.45, 2.75) is 77.2 Å². The molecule has 0 aromatic rings. The Labute approximate surface area is 116 Å². The summed E-state index contributed by atoms with van der Waals surface area (Å²) < 4.78 is 6.13. The molecule has 4 nitrogen and oxygen atoms in total. The Morgan fingerprint density at radius 2 is 1.84 bits per heavy atom. The van der Waals surface area contributed by atoms with Crippen LogP contribution >= 0.6 is 0 Å². The van der Waals surface area contributed by atoms with Crippen molar-refractivity contribution in [2.24, 2.45) is 5.92 Å². The molecular weight excluding hydrogens is 240 g/mol. The fourth-order valence-corrected chi connectivity index (χ4v) is 3.08. The van der Waals surface area contributed by atoms with Gasteiger partial charge in [-0.1, -0.05) is 20.3 Å². The van der Waals surface area contributed by atoms with Crippen molar-refractivity contribution in [1.29, 1.82) is 5.26 Å². The van der Waals surface area contributed by atoms with Gasteiger partial charge in [-0.3, -0.25) is 4.84 Å². The highest BCUT2D eigenvalue weighted by atomic mass is 16.7. The molecule has 1 saturated carbocycles. The zero-order valence-electron chi connectivity index (χ0n) is 12.6. The molecule has 2 rings (SSSR count). The van der Waals surface area contributed by atoms with Crippen molar-refractivity contribution >= 4 is 0 Å². The van der Waals surface area contributed by atoms with E-state index in [1.165, 1.54) is 19.3 Å². The molecule has 1 aliphatic heterocycles. The Morgan fingerprint density at radius 1 is 1.21 bits per heavy atom. The van der Waals surface area contributed by atoms with Crippen LogP contribution in [0.3, 0.4) is 0 Å².